The van der Waals surface area contributed by atoms with Gasteiger partial charge in [-0.2, -0.15) is 0 Å². The van der Waals surface area contributed by atoms with Crippen LogP contribution >= 0.6 is 0 Å². The van der Waals surface area contributed by atoms with Crippen molar-refractivity contribution in [1.29, 1.82) is 0 Å². The lowest BCUT2D eigenvalue weighted by molar-refractivity contribution is -0.555. The first-order valence-electron chi connectivity index (χ1n) is 3.67. The van der Waals surface area contributed by atoms with Crippen LogP contribution in [0.5, 0.6) is 0 Å². The second kappa shape index (κ2) is 3.34. The molecule has 6 nitrogen and oxygen atoms in total. The van der Waals surface area contributed by atoms with E-state index < -0.39 is 15.9 Å². The highest BCUT2D eigenvalue weighted by molar-refractivity contribution is 5.22. The molecule has 0 N–H and O–H groups in total. The van der Waals surface area contributed by atoms with Gasteiger partial charge in [0.1, 0.15) is 0 Å². The summed E-state index contributed by atoms with van der Waals surface area (Å²) in [5.74, 6) is 0. The molecule has 0 fully saturated rings. The van der Waals surface area contributed by atoms with E-state index in [-0.39, 0.29) is 12.1 Å². The lowest BCUT2D eigenvalue weighted by Gasteiger charge is -2.10. The summed E-state index contributed by atoms with van der Waals surface area (Å²) in [5, 5.41) is 20.8. The van der Waals surface area contributed by atoms with Crippen LogP contribution in [0.3, 0.4) is 0 Å². The molecular weight excluding hydrogens is 176 g/mol. The van der Waals surface area contributed by atoms with Gasteiger partial charge in [0.15, 0.2) is 0 Å². The average Bonchev–Trinajstić information content (AvgIpc) is 2.03. The summed E-state index contributed by atoms with van der Waals surface area (Å²) in [4.78, 5) is 19.5. The van der Waals surface area contributed by atoms with Crippen molar-refractivity contribution >= 4 is 0 Å². The van der Waals surface area contributed by atoms with Crippen LogP contribution in [-0.4, -0.2) is 15.9 Å². The van der Waals surface area contributed by atoms with Crippen molar-refractivity contribution in [3.05, 3.63) is 43.7 Å². The molecule has 1 aliphatic rings. The van der Waals surface area contributed by atoms with Gasteiger partial charge >= 0.3 is 11.7 Å². The zero-order chi connectivity index (χ0) is 10.0. The molecule has 0 radical (unpaired) electrons. The Morgan fingerprint density at radius 1 is 1.38 bits per heavy atom. The van der Waals surface area contributed by atoms with Crippen molar-refractivity contribution in [2.45, 2.75) is 19.4 Å². The van der Waals surface area contributed by atoms with E-state index >= 15 is 0 Å². The molecule has 0 saturated heterocycles. The van der Waals surface area contributed by atoms with Gasteiger partial charge in [-0.3, -0.25) is 20.2 Å². The molecule has 1 aliphatic carbocycles. The van der Waals surface area contributed by atoms with Gasteiger partial charge in [-0.05, 0) is 6.92 Å². The molecule has 0 saturated carbocycles. The standard InChI is InChI=1S/C7H8N2O4/c1-5-2-3-6(8(10)11)7(4-5)9(12)13/h2-3,7H,4H2,1H3. The van der Waals surface area contributed by atoms with Crippen LogP contribution in [-0.2, 0) is 0 Å². The molecule has 0 aliphatic heterocycles. The van der Waals surface area contributed by atoms with Gasteiger partial charge < -0.3 is 0 Å². The maximum Gasteiger partial charge on any atom is 0.319 e. The van der Waals surface area contributed by atoms with Gasteiger partial charge in [-0.15, -0.1) is 0 Å². The molecule has 1 unspecified atom stereocenters. The topological polar surface area (TPSA) is 86.3 Å². The molecule has 13 heavy (non-hydrogen) atoms. The predicted molar refractivity (Wildman–Crippen MR) is 44.2 cm³/mol. The van der Waals surface area contributed by atoms with Crippen molar-refractivity contribution in [3.63, 3.8) is 0 Å². The van der Waals surface area contributed by atoms with Gasteiger partial charge in [0, 0.05) is 17.4 Å². The molecule has 0 aromatic rings. The molecular formula is C7H8N2O4. The van der Waals surface area contributed by atoms with Gasteiger partial charge in [0.2, 0.25) is 0 Å². The number of nitrogens with zero attached hydrogens (tertiary/aromatic N) is 2. The molecule has 6 heteroatoms. The largest absolute Gasteiger partial charge is 0.319 e. The number of rotatable bonds is 2. The third-order valence-corrected chi connectivity index (χ3v) is 1.86. The summed E-state index contributed by atoms with van der Waals surface area (Å²) in [5.41, 5.74) is 0.447. The third-order valence-electron chi connectivity index (χ3n) is 1.86. The van der Waals surface area contributed by atoms with Crippen molar-refractivity contribution in [3.8, 4) is 0 Å². The highest BCUT2D eigenvalue weighted by Gasteiger charge is 2.36. The summed E-state index contributed by atoms with van der Waals surface area (Å²) in [6.07, 6.45) is 2.87. The second-order valence-electron chi connectivity index (χ2n) is 2.87. The Morgan fingerprint density at radius 3 is 2.46 bits per heavy atom. The molecule has 0 heterocycles. The van der Waals surface area contributed by atoms with Crippen LogP contribution in [0.15, 0.2) is 23.4 Å². The Hall–Kier alpha value is -1.72. The lowest BCUT2D eigenvalue weighted by Crippen LogP contribution is -2.28. The van der Waals surface area contributed by atoms with E-state index in [4.69, 9.17) is 0 Å². The Bertz CT molecular complexity index is 318. The molecule has 1 rings (SSSR count). The Morgan fingerprint density at radius 2 is 2.00 bits per heavy atom. The molecule has 1 atom stereocenters. The van der Waals surface area contributed by atoms with Gasteiger partial charge in [0.05, 0.1) is 4.92 Å². The zero-order valence-corrected chi connectivity index (χ0v) is 6.97. The number of hydrogen-bond acceptors (Lipinski definition) is 4. The molecule has 0 aromatic heterocycles. The average molecular weight is 184 g/mol. The van der Waals surface area contributed by atoms with Crippen molar-refractivity contribution < 1.29 is 9.85 Å². The van der Waals surface area contributed by atoms with Gasteiger partial charge in [-0.25, -0.2) is 0 Å². The minimum absolute atomic E-state index is 0.125. The quantitative estimate of drug-likeness (QED) is 0.475. The fourth-order valence-corrected chi connectivity index (χ4v) is 1.18. The summed E-state index contributed by atoms with van der Waals surface area (Å²) in [6, 6.07) is -1.19. The van der Waals surface area contributed by atoms with Crippen LogP contribution < -0.4 is 0 Å². The fraction of sp³-hybridized carbons (Fsp3) is 0.429. The lowest BCUT2D eigenvalue weighted by atomic mass is 10.00. The molecule has 70 valence electrons. The number of allylic oxidation sites excluding steroid dienone is 2. The summed E-state index contributed by atoms with van der Waals surface area (Å²) >= 11 is 0. The van der Waals surface area contributed by atoms with Crippen molar-refractivity contribution in [1.82, 2.24) is 0 Å². The normalized spacial score (nSPS) is 21.8. The van der Waals surface area contributed by atoms with E-state index in [9.17, 15) is 20.2 Å². The number of hydrogen-bond donors (Lipinski definition) is 0. The molecule has 0 spiro atoms. The maximum absolute atomic E-state index is 10.4. The Balaban J connectivity index is 2.99. The first-order valence-corrected chi connectivity index (χ1v) is 3.67. The van der Waals surface area contributed by atoms with E-state index in [2.05, 4.69) is 0 Å². The van der Waals surface area contributed by atoms with Crippen LogP contribution in [0, 0.1) is 20.2 Å². The van der Waals surface area contributed by atoms with E-state index in [1.807, 2.05) is 0 Å². The Labute approximate surface area is 73.8 Å². The van der Waals surface area contributed by atoms with Gasteiger partial charge in [0.25, 0.3) is 0 Å². The monoisotopic (exact) mass is 184 g/mol. The summed E-state index contributed by atoms with van der Waals surface area (Å²) < 4.78 is 0. The van der Waals surface area contributed by atoms with Crippen LogP contribution in [0.4, 0.5) is 0 Å². The van der Waals surface area contributed by atoms with Crippen LogP contribution in [0.1, 0.15) is 13.3 Å². The van der Waals surface area contributed by atoms with Crippen LogP contribution in [0.25, 0.3) is 0 Å². The molecule has 0 bridgehead atoms. The SMILES string of the molecule is CC1=CC=C([N+](=O)[O-])C([N+](=O)[O-])C1. The summed E-state index contributed by atoms with van der Waals surface area (Å²) in [7, 11) is 0. The first-order chi connectivity index (χ1) is 6.02. The maximum atomic E-state index is 10.4. The summed E-state index contributed by atoms with van der Waals surface area (Å²) in [6.45, 7) is 1.71. The second-order valence-corrected chi connectivity index (χ2v) is 2.87. The highest BCUT2D eigenvalue weighted by Crippen LogP contribution is 2.21. The first kappa shape index (κ1) is 9.37. The molecule has 0 aromatic carbocycles. The predicted octanol–water partition coefficient (Wildman–Crippen LogP) is 1.14. The smallest absolute Gasteiger partial charge is 0.264 e. The van der Waals surface area contributed by atoms with E-state index in [0.29, 0.717) is 0 Å². The zero-order valence-electron chi connectivity index (χ0n) is 6.97. The minimum Gasteiger partial charge on any atom is -0.264 e. The number of nitro groups is 2. The van der Waals surface area contributed by atoms with E-state index in [1.165, 1.54) is 12.2 Å². The fourth-order valence-electron chi connectivity index (χ4n) is 1.18. The van der Waals surface area contributed by atoms with Crippen molar-refractivity contribution in [2.24, 2.45) is 0 Å². The van der Waals surface area contributed by atoms with Gasteiger partial charge in [-0.1, -0.05) is 11.6 Å². The van der Waals surface area contributed by atoms with Crippen molar-refractivity contribution in [2.75, 3.05) is 0 Å². The highest BCUT2D eigenvalue weighted by atomic mass is 16.6. The Kier molecular flexibility index (Phi) is 2.41. The molecule has 0 amide bonds. The van der Waals surface area contributed by atoms with E-state index in [1.54, 1.807) is 6.92 Å². The minimum atomic E-state index is -1.19. The van der Waals surface area contributed by atoms with Crippen LogP contribution in [0.2, 0.25) is 0 Å². The third kappa shape index (κ3) is 1.90. The van der Waals surface area contributed by atoms with E-state index in [0.717, 1.165) is 5.57 Å².